The fourth-order valence-corrected chi connectivity index (χ4v) is 4.52. The van der Waals surface area contributed by atoms with Gasteiger partial charge in [-0.2, -0.15) is 0 Å². The number of carbonyl (C=O) groups is 1. The Hall–Kier alpha value is -3.19. The molecule has 6 nitrogen and oxygen atoms in total. The van der Waals surface area contributed by atoms with Gasteiger partial charge in [0.2, 0.25) is 0 Å². The first-order valence-corrected chi connectivity index (χ1v) is 10.9. The molecule has 2 aromatic carbocycles. The van der Waals surface area contributed by atoms with Crippen LogP contribution < -0.4 is 18.9 Å². The summed E-state index contributed by atoms with van der Waals surface area (Å²) in [5.41, 5.74) is 2.15. The highest BCUT2D eigenvalue weighted by atomic mass is 32.1. The molecule has 0 radical (unpaired) electrons. The van der Waals surface area contributed by atoms with E-state index in [1.54, 1.807) is 21.3 Å². The van der Waals surface area contributed by atoms with E-state index in [0.29, 0.717) is 24.7 Å². The zero-order valence-corrected chi connectivity index (χ0v) is 18.6. The van der Waals surface area contributed by atoms with Gasteiger partial charge >= 0.3 is 0 Å². The number of benzene rings is 2. The van der Waals surface area contributed by atoms with E-state index < -0.39 is 0 Å². The minimum absolute atomic E-state index is 0.0127. The Morgan fingerprint density at radius 1 is 1.00 bits per heavy atom. The van der Waals surface area contributed by atoms with Gasteiger partial charge in [0, 0.05) is 6.54 Å². The molecule has 1 aliphatic heterocycles. The summed E-state index contributed by atoms with van der Waals surface area (Å²) >= 11 is 1.45. The quantitative estimate of drug-likeness (QED) is 0.539. The van der Waals surface area contributed by atoms with Crippen LogP contribution in [0.1, 0.15) is 26.8 Å². The zero-order valence-electron chi connectivity index (χ0n) is 17.8. The van der Waals surface area contributed by atoms with Crippen LogP contribution >= 0.6 is 11.3 Å². The van der Waals surface area contributed by atoms with Gasteiger partial charge in [0.1, 0.15) is 18.1 Å². The number of carbonyl (C=O) groups excluding carboxylic acids is 1. The molecule has 0 N–H and O–H groups in total. The second kappa shape index (κ2) is 9.31. The van der Waals surface area contributed by atoms with Gasteiger partial charge in [0.25, 0.3) is 5.91 Å². The lowest BCUT2D eigenvalue weighted by Crippen LogP contribution is -2.42. The normalized spacial score (nSPS) is 15.2. The number of amides is 1. The van der Waals surface area contributed by atoms with E-state index >= 15 is 0 Å². The summed E-state index contributed by atoms with van der Waals surface area (Å²) in [5, 5.41) is 1.92. The summed E-state index contributed by atoms with van der Waals surface area (Å²) in [5.74, 6) is 2.83. The lowest BCUT2D eigenvalue weighted by atomic mass is 9.92. The molecular weight excluding hydrogens is 414 g/mol. The third kappa shape index (κ3) is 4.32. The van der Waals surface area contributed by atoms with Crippen molar-refractivity contribution in [2.75, 3.05) is 34.5 Å². The lowest BCUT2D eigenvalue weighted by molar-refractivity contribution is 0.0594. The monoisotopic (exact) mass is 439 g/mol. The molecule has 3 aromatic rings. The summed E-state index contributed by atoms with van der Waals surface area (Å²) < 4.78 is 22.3. The van der Waals surface area contributed by atoms with Crippen LogP contribution in [-0.2, 0) is 6.42 Å². The van der Waals surface area contributed by atoms with E-state index in [2.05, 4.69) is 0 Å². The van der Waals surface area contributed by atoms with E-state index in [9.17, 15) is 4.79 Å². The Morgan fingerprint density at radius 3 is 2.35 bits per heavy atom. The van der Waals surface area contributed by atoms with Gasteiger partial charge in [-0.3, -0.25) is 4.79 Å². The summed E-state index contributed by atoms with van der Waals surface area (Å²) in [7, 11) is 4.87. The third-order valence-corrected chi connectivity index (χ3v) is 6.32. The molecule has 7 heteroatoms. The summed E-state index contributed by atoms with van der Waals surface area (Å²) in [4.78, 5) is 15.9. The molecular formula is C24H25NO5S. The standard InChI is InChI=1S/C24H25NO5S/c1-27-17-6-8-18(9-7-17)30-15-20-19-14-22(29-3)21(28-2)13-16(19)10-11-25(20)24(26)23-5-4-12-31-23/h4-9,12-14,20H,10-11,15H2,1-3H3. The van der Waals surface area contributed by atoms with Gasteiger partial charge in [-0.25, -0.2) is 0 Å². The van der Waals surface area contributed by atoms with Crippen molar-refractivity contribution in [3.05, 3.63) is 69.9 Å². The number of ether oxygens (including phenoxy) is 4. The van der Waals surface area contributed by atoms with Gasteiger partial charge in [-0.05, 0) is 65.4 Å². The molecule has 1 aliphatic rings. The van der Waals surface area contributed by atoms with Crippen molar-refractivity contribution in [1.29, 1.82) is 0 Å². The van der Waals surface area contributed by atoms with Crippen molar-refractivity contribution in [2.45, 2.75) is 12.5 Å². The van der Waals surface area contributed by atoms with Gasteiger partial charge in [-0.15, -0.1) is 11.3 Å². The molecule has 0 fully saturated rings. The second-order valence-electron chi connectivity index (χ2n) is 7.13. The minimum atomic E-state index is -0.250. The van der Waals surface area contributed by atoms with E-state index in [1.165, 1.54) is 11.3 Å². The molecule has 0 bridgehead atoms. The highest BCUT2D eigenvalue weighted by Crippen LogP contribution is 2.39. The largest absolute Gasteiger partial charge is 0.497 e. The number of rotatable bonds is 7. The van der Waals surface area contributed by atoms with Gasteiger partial charge in [0.05, 0.1) is 32.2 Å². The molecule has 162 valence electrons. The van der Waals surface area contributed by atoms with Crippen LogP contribution in [0.25, 0.3) is 0 Å². The van der Waals surface area contributed by atoms with E-state index in [0.717, 1.165) is 33.9 Å². The fraction of sp³-hybridized carbons (Fsp3) is 0.292. The van der Waals surface area contributed by atoms with Crippen molar-refractivity contribution >= 4 is 17.2 Å². The van der Waals surface area contributed by atoms with Crippen molar-refractivity contribution in [1.82, 2.24) is 4.90 Å². The Labute approximate surface area is 185 Å². The molecule has 31 heavy (non-hydrogen) atoms. The van der Waals surface area contributed by atoms with Gasteiger partial charge < -0.3 is 23.8 Å². The molecule has 2 heterocycles. The predicted molar refractivity (Wildman–Crippen MR) is 120 cm³/mol. The van der Waals surface area contributed by atoms with Crippen LogP contribution in [0.5, 0.6) is 23.0 Å². The van der Waals surface area contributed by atoms with Crippen molar-refractivity contribution in [2.24, 2.45) is 0 Å². The second-order valence-corrected chi connectivity index (χ2v) is 8.08. The number of methoxy groups -OCH3 is 3. The average molecular weight is 440 g/mol. The maximum Gasteiger partial charge on any atom is 0.264 e. The van der Waals surface area contributed by atoms with Crippen molar-refractivity contribution in [3.8, 4) is 23.0 Å². The first-order valence-electron chi connectivity index (χ1n) is 10.0. The number of nitrogens with zero attached hydrogens (tertiary/aromatic N) is 1. The third-order valence-electron chi connectivity index (χ3n) is 5.46. The molecule has 0 saturated carbocycles. The van der Waals surface area contributed by atoms with E-state index in [1.807, 2.05) is 58.8 Å². The molecule has 0 saturated heterocycles. The van der Waals surface area contributed by atoms with Crippen molar-refractivity contribution in [3.63, 3.8) is 0 Å². The Kier molecular flexibility index (Phi) is 6.32. The minimum Gasteiger partial charge on any atom is -0.497 e. The fourth-order valence-electron chi connectivity index (χ4n) is 3.84. The maximum atomic E-state index is 13.3. The SMILES string of the molecule is COc1ccc(OCC2c3cc(OC)c(OC)cc3CCN2C(=O)c2cccs2)cc1. The van der Waals surface area contributed by atoms with Crippen LogP contribution in [0.3, 0.4) is 0 Å². The lowest BCUT2D eigenvalue weighted by Gasteiger charge is -2.37. The molecule has 1 atom stereocenters. The molecule has 1 unspecified atom stereocenters. The average Bonchev–Trinajstić information content (AvgIpc) is 3.36. The molecule has 1 amide bonds. The van der Waals surface area contributed by atoms with E-state index in [-0.39, 0.29) is 11.9 Å². The van der Waals surface area contributed by atoms with Crippen LogP contribution in [0.4, 0.5) is 0 Å². The topological polar surface area (TPSA) is 57.2 Å². The van der Waals surface area contributed by atoms with Gasteiger partial charge in [-0.1, -0.05) is 6.07 Å². The van der Waals surface area contributed by atoms with Crippen LogP contribution in [0, 0.1) is 0 Å². The number of thiophene rings is 1. The van der Waals surface area contributed by atoms with Crippen LogP contribution in [-0.4, -0.2) is 45.3 Å². The first kappa shape index (κ1) is 21.1. The highest BCUT2D eigenvalue weighted by molar-refractivity contribution is 7.12. The zero-order chi connectivity index (χ0) is 21.8. The molecule has 0 spiro atoms. The Morgan fingerprint density at radius 2 is 1.71 bits per heavy atom. The first-order chi connectivity index (χ1) is 15.1. The number of hydrogen-bond acceptors (Lipinski definition) is 6. The predicted octanol–water partition coefficient (Wildman–Crippen LogP) is 4.59. The Balaban J connectivity index is 1.67. The summed E-state index contributed by atoms with van der Waals surface area (Å²) in [6.45, 7) is 0.932. The number of hydrogen-bond donors (Lipinski definition) is 0. The maximum absolute atomic E-state index is 13.3. The smallest absolute Gasteiger partial charge is 0.264 e. The van der Waals surface area contributed by atoms with E-state index in [4.69, 9.17) is 18.9 Å². The number of fused-ring (bicyclic) bond motifs is 1. The van der Waals surface area contributed by atoms with Crippen LogP contribution in [0.15, 0.2) is 53.9 Å². The highest BCUT2D eigenvalue weighted by Gasteiger charge is 2.33. The summed E-state index contributed by atoms with van der Waals surface area (Å²) in [6.07, 6.45) is 0.742. The van der Waals surface area contributed by atoms with Gasteiger partial charge in [0.15, 0.2) is 11.5 Å². The van der Waals surface area contributed by atoms with Crippen molar-refractivity contribution < 1.29 is 23.7 Å². The molecule has 0 aliphatic carbocycles. The Bertz CT molecular complexity index is 1030. The summed E-state index contributed by atoms with van der Waals surface area (Å²) in [6, 6.07) is 14.9. The molecule has 1 aromatic heterocycles. The van der Waals surface area contributed by atoms with Crippen LogP contribution in [0.2, 0.25) is 0 Å². The molecule has 4 rings (SSSR count).